The number of hydrogen-bond donors (Lipinski definition) is 2. The van der Waals surface area contributed by atoms with Crippen molar-refractivity contribution in [2.75, 3.05) is 12.8 Å². The van der Waals surface area contributed by atoms with Gasteiger partial charge in [0, 0.05) is 29.9 Å². The van der Waals surface area contributed by atoms with Crippen molar-refractivity contribution in [3.05, 3.63) is 66.1 Å². The van der Waals surface area contributed by atoms with E-state index in [0.29, 0.717) is 35.7 Å². The van der Waals surface area contributed by atoms with Gasteiger partial charge in [-0.3, -0.25) is 4.98 Å². The lowest BCUT2D eigenvalue weighted by Crippen LogP contribution is -2.23. The fourth-order valence-corrected chi connectivity index (χ4v) is 3.92. The van der Waals surface area contributed by atoms with Gasteiger partial charge in [-0.2, -0.15) is 5.26 Å². The lowest BCUT2D eigenvalue weighted by Gasteiger charge is -2.23. The van der Waals surface area contributed by atoms with Crippen LogP contribution in [0.15, 0.2) is 59.4 Å². The first kappa shape index (κ1) is 23.1. The summed E-state index contributed by atoms with van der Waals surface area (Å²) in [4.78, 5) is 13.5. The summed E-state index contributed by atoms with van der Waals surface area (Å²) in [6, 6.07) is 16.1. The summed E-state index contributed by atoms with van der Waals surface area (Å²) < 4.78 is 5.58. The minimum atomic E-state index is -0.636. The second-order valence-corrected chi connectivity index (χ2v) is 8.12. The van der Waals surface area contributed by atoms with Gasteiger partial charge in [-0.25, -0.2) is 9.97 Å². The lowest BCUT2D eigenvalue weighted by molar-refractivity contribution is 0.434. The van der Waals surface area contributed by atoms with Gasteiger partial charge in [0.15, 0.2) is 17.3 Å². The van der Waals surface area contributed by atoms with E-state index in [1.54, 1.807) is 12.4 Å². The molecule has 4 aromatic rings. The normalized spacial score (nSPS) is 11.4. The summed E-state index contributed by atoms with van der Waals surface area (Å²) in [5.74, 6) is 0.683. The maximum absolute atomic E-state index is 9.80. The molecule has 0 bridgehead atoms. The van der Waals surface area contributed by atoms with Crippen LogP contribution >= 0.6 is 0 Å². The van der Waals surface area contributed by atoms with Crippen molar-refractivity contribution in [1.29, 1.82) is 5.26 Å². The van der Waals surface area contributed by atoms with Gasteiger partial charge in [-0.15, -0.1) is 0 Å². The number of nitrogen functional groups attached to an aromatic ring is 1. The molecule has 0 spiro atoms. The number of anilines is 1. The Morgan fingerprint density at radius 1 is 1.03 bits per heavy atom. The van der Waals surface area contributed by atoms with E-state index in [1.165, 1.54) is 5.56 Å². The first-order chi connectivity index (χ1) is 16.5. The number of benzene rings is 1. The van der Waals surface area contributed by atoms with Crippen molar-refractivity contribution in [2.24, 2.45) is 0 Å². The molecule has 0 fully saturated rings. The summed E-state index contributed by atoms with van der Waals surface area (Å²) in [6.07, 6.45) is 4.66. The number of nitrogens with two attached hydrogens (primary N) is 1. The van der Waals surface area contributed by atoms with Crippen molar-refractivity contribution >= 4 is 5.82 Å². The minimum absolute atomic E-state index is 0.249. The molecule has 8 heteroatoms. The molecule has 8 nitrogen and oxygen atoms in total. The summed E-state index contributed by atoms with van der Waals surface area (Å²) in [7, 11) is 1.91. The number of nitrogens with one attached hydrogen (secondary N) is 1. The molecule has 0 aliphatic rings. The predicted octanol–water partition coefficient (Wildman–Crippen LogP) is 4.74. The molecular formula is C26H27N7O. The first-order valence-corrected chi connectivity index (χ1v) is 11.2. The van der Waals surface area contributed by atoms with Gasteiger partial charge in [0.05, 0.1) is 29.1 Å². The number of rotatable bonds is 8. The summed E-state index contributed by atoms with van der Waals surface area (Å²) in [5.41, 5.74) is 10.9. The lowest BCUT2D eigenvalue weighted by atomic mass is 9.80. The number of aromatic nitrogens is 4. The van der Waals surface area contributed by atoms with Crippen LogP contribution in [0, 0.1) is 11.3 Å². The zero-order valence-electron chi connectivity index (χ0n) is 19.5. The van der Waals surface area contributed by atoms with Crippen LogP contribution in [0.2, 0.25) is 0 Å². The molecule has 0 atom stereocenters. The third-order valence-corrected chi connectivity index (χ3v) is 6.14. The number of nitriles is 1. The van der Waals surface area contributed by atoms with Crippen LogP contribution in [-0.4, -0.2) is 27.2 Å². The van der Waals surface area contributed by atoms with Gasteiger partial charge in [0.2, 0.25) is 0 Å². The smallest absolute Gasteiger partial charge is 0.189 e. The van der Waals surface area contributed by atoms with Crippen LogP contribution in [0.1, 0.15) is 37.9 Å². The van der Waals surface area contributed by atoms with E-state index in [1.807, 2.05) is 63.4 Å². The number of nitrogens with zero attached hydrogens (tertiary/aromatic N) is 5. The highest BCUT2D eigenvalue weighted by atomic mass is 16.5. The molecular weight excluding hydrogens is 426 g/mol. The Labute approximate surface area is 198 Å². The molecule has 0 saturated carbocycles. The van der Waals surface area contributed by atoms with Gasteiger partial charge in [-0.05, 0) is 37.6 Å². The van der Waals surface area contributed by atoms with E-state index >= 15 is 0 Å². The van der Waals surface area contributed by atoms with Crippen LogP contribution in [-0.2, 0) is 12.0 Å². The van der Waals surface area contributed by atoms with E-state index in [2.05, 4.69) is 26.5 Å². The van der Waals surface area contributed by atoms with Gasteiger partial charge in [0.25, 0.3) is 0 Å². The molecule has 0 amide bonds. The summed E-state index contributed by atoms with van der Waals surface area (Å²) in [5, 5.41) is 17.1. The van der Waals surface area contributed by atoms with Crippen molar-refractivity contribution in [1.82, 2.24) is 25.4 Å². The fourth-order valence-electron chi connectivity index (χ4n) is 3.92. The van der Waals surface area contributed by atoms with Gasteiger partial charge in [-0.1, -0.05) is 43.3 Å². The third-order valence-electron chi connectivity index (χ3n) is 6.14. The monoisotopic (exact) mass is 453 g/mol. The average molecular weight is 454 g/mol. The Hall–Kier alpha value is -4.09. The maximum atomic E-state index is 9.80. The van der Waals surface area contributed by atoms with Crippen molar-refractivity contribution < 1.29 is 4.52 Å². The van der Waals surface area contributed by atoms with Crippen LogP contribution in [0.25, 0.3) is 34.0 Å². The highest BCUT2D eigenvalue weighted by Gasteiger charge is 2.30. The molecule has 0 radical (unpaired) electrons. The van der Waals surface area contributed by atoms with E-state index in [9.17, 15) is 5.26 Å². The minimum Gasteiger partial charge on any atom is -0.382 e. The van der Waals surface area contributed by atoms with E-state index in [0.717, 1.165) is 23.4 Å². The Balaban J connectivity index is 1.68. The summed E-state index contributed by atoms with van der Waals surface area (Å²) in [6.45, 7) is 4.79. The largest absolute Gasteiger partial charge is 0.382 e. The molecule has 172 valence electrons. The molecule has 0 unspecified atom stereocenters. The molecule has 0 aliphatic carbocycles. The SMILES string of the molecule is CCC(C#N)(CC)c1cc(-c2cnc(N)c(-c3cc(-c4ccc(CNC)cc4)no3)n2)ccn1. The molecule has 1 aromatic carbocycles. The Morgan fingerprint density at radius 2 is 1.79 bits per heavy atom. The fraction of sp³-hybridized carbons (Fsp3) is 0.269. The van der Waals surface area contributed by atoms with E-state index in [-0.39, 0.29) is 5.82 Å². The third kappa shape index (κ3) is 4.38. The number of hydrogen-bond acceptors (Lipinski definition) is 8. The highest BCUT2D eigenvalue weighted by Crippen LogP contribution is 2.33. The second kappa shape index (κ2) is 9.81. The van der Waals surface area contributed by atoms with Crippen molar-refractivity contribution in [2.45, 2.75) is 38.6 Å². The van der Waals surface area contributed by atoms with Crippen LogP contribution < -0.4 is 11.1 Å². The van der Waals surface area contributed by atoms with Gasteiger partial charge >= 0.3 is 0 Å². The molecule has 0 saturated heterocycles. The predicted molar refractivity (Wildman–Crippen MR) is 131 cm³/mol. The molecule has 34 heavy (non-hydrogen) atoms. The Morgan fingerprint density at radius 3 is 2.47 bits per heavy atom. The molecule has 0 aliphatic heterocycles. The van der Waals surface area contributed by atoms with Crippen LogP contribution in [0.5, 0.6) is 0 Å². The topological polar surface area (TPSA) is 127 Å². The standard InChI is InChI=1S/C26H27N7O/c1-4-26(5-2,16-27)23-12-19(10-11-30-23)21-15-31-25(28)24(32-21)22-13-20(33-34-22)18-8-6-17(7-9-18)14-29-3/h6-13,15,29H,4-5,14H2,1-3H3,(H2,28,31). The van der Waals surface area contributed by atoms with Crippen LogP contribution in [0.3, 0.4) is 0 Å². The summed E-state index contributed by atoms with van der Waals surface area (Å²) >= 11 is 0. The quantitative estimate of drug-likeness (QED) is 0.391. The maximum Gasteiger partial charge on any atom is 0.189 e. The zero-order valence-corrected chi connectivity index (χ0v) is 19.5. The van der Waals surface area contributed by atoms with Gasteiger partial charge < -0.3 is 15.6 Å². The number of pyridine rings is 1. The average Bonchev–Trinajstić information content (AvgIpc) is 3.37. The first-order valence-electron chi connectivity index (χ1n) is 11.2. The molecule has 3 heterocycles. The molecule has 3 N–H and O–H groups in total. The highest BCUT2D eigenvalue weighted by molar-refractivity contribution is 5.73. The zero-order chi connectivity index (χ0) is 24.1. The molecule has 4 rings (SSSR count). The van der Waals surface area contributed by atoms with Crippen molar-refractivity contribution in [3.63, 3.8) is 0 Å². The Kier molecular flexibility index (Phi) is 6.66. The van der Waals surface area contributed by atoms with Crippen LogP contribution in [0.4, 0.5) is 5.82 Å². The Bertz CT molecular complexity index is 1320. The second-order valence-electron chi connectivity index (χ2n) is 8.12. The van der Waals surface area contributed by atoms with E-state index in [4.69, 9.17) is 15.2 Å². The molecule has 3 aromatic heterocycles. The van der Waals surface area contributed by atoms with Crippen molar-refractivity contribution in [3.8, 4) is 40.0 Å². The van der Waals surface area contributed by atoms with Gasteiger partial charge in [0.1, 0.15) is 5.69 Å². The van der Waals surface area contributed by atoms with E-state index < -0.39 is 5.41 Å².